The Morgan fingerprint density at radius 1 is 1.60 bits per heavy atom. The van der Waals surface area contributed by atoms with Crippen molar-refractivity contribution in [3.8, 4) is 0 Å². The molecule has 2 rings (SSSR count). The molecule has 15 heavy (non-hydrogen) atoms. The molecule has 0 N–H and O–H groups in total. The Morgan fingerprint density at radius 2 is 2.33 bits per heavy atom. The molecule has 2 aromatic heterocycles. The van der Waals surface area contributed by atoms with Gasteiger partial charge in [-0.05, 0) is 28.4 Å². The van der Waals surface area contributed by atoms with Crippen molar-refractivity contribution in [1.29, 1.82) is 0 Å². The van der Waals surface area contributed by atoms with E-state index in [9.17, 15) is 4.79 Å². The zero-order chi connectivity index (χ0) is 11.0. The van der Waals surface area contributed by atoms with Gasteiger partial charge in [0.05, 0.1) is 13.4 Å². The molecule has 0 aliphatic carbocycles. The molecule has 2 aromatic rings. The van der Waals surface area contributed by atoms with Crippen LogP contribution in [-0.2, 0) is 0 Å². The maximum Gasteiger partial charge on any atom is 0.175 e. The molecule has 2 heterocycles. The summed E-state index contributed by atoms with van der Waals surface area (Å²) >= 11 is 6.77. The molecule has 0 aromatic carbocycles. The van der Waals surface area contributed by atoms with Crippen molar-refractivity contribution in [3.05, 3.63) is 20.1 Å². The van der Waals surface area contributed by atoms with Crippen LogP contribution in [0.4, 0.5) is 0 Å². The van der Waals surface area contributed by atoms with Crippen molar-refractivity contribution >= 4 is 54.5 Å². The summed E-state index contributed by atoms with van der Waals surface area (Å²) in [7, 11) is 0. The summed E-state index contributed by atoms with van der Waals surface area (Å²) in [6, 6.07) is 2.01. The van der Waals surface area contributed by atoms with Crippen molar-refractivity contribution < 1.29 is 4.79 Å². The standard InChI is InChI=1S/C11H11BrOS2/c1-3-6(2)9(13)8-4-7-5-14-11(12)10(7)15-8/h4-6H,3H2,1-2H3. The number of fused-ring (bicyclic) bond motifs is 1. The fourth-order valence-electron chi connectivity index (χ4n) is 1.36. The molecule has 4 heteroatoms. The average Bonchev–Trinajstić information content (AvgIpc) is 2.79. The van der Waals surface area contributed by atoms with Gasteiger partial charge in [-0.2, -0.15) is 0 Å². The van der Waals surface area contributed by atoms with Gasteiger partial charge in [0.15, 0.2) is 5.78 Å². The second kappa shape index (κ2) is 4.36. The number of ketones is 1. The van der Waals surface area contributed by atoms with Gasteiger partial charge >= 0.3 is 0 Å². The van der Waals surface area contributed by atoms with Crippen LogP contribution in [0.1, 0.15) is 29.9 Å². The third-order valence-electron chi connectivity index (χ3n) is 2.53. The van der Waals surface area contributed by atoms with Gasteiger partial charge in [-0.1, -0.05) is 13.8 Å². The van der Waals surface area contributed by atoms with Gasteiger partial charge < -0.3 is 0 Å². The van der Waals surface area contributed by atoms with E-state index >= 15 is 0 Å². The Labute approximate surface area is 105 Å². The van der Waals surface area contributed by atoms with Crippen LogP contribution in [0.5, 0.6) is 0 Å². The normalized spacial score (nSPS) is 13.3. The summed E-state index contributed by atoms with van der Waals surface area (Å²) in [6.45, 7) is 4.04. The zero-order valence-corrected chi connectivity index (χ0v) is 11.8. The van der Waals surface area contributed by atoms with Crippen LogP contribution < -0.4 is 0 Å². The van der Waals surface area contributed by atoms with E-state index in [2.05, 4.69) is 21.3 Å². The van der Waals surface area contributed by atoms with Gasteiger partial charge in [-0.15, -0.1) is 22.7 Å². The van der Waals surface area contributed by atoms with Gasteiger partial charge in [-0.25, -0.2) is 0 Å². The molecule has 0 saturated heterocycles. The number of Topliss-reactive ketones (excluding diaryl/α,β-unsaturated/α-hetero) is 1. The lowest BCUT2D eigenvalue weighted by Gasteiger charge is -2.03. The monoisotopic (exact) mass is 302 g/mol. The van der Waals surface area contributed by atoms with E-state index in [0.29, 0.717) is 0 Å². The first kappa shape index (κ1) is 11.3. The number of thiophene rings is 2. The minimum absolute atomic E-state index is 0.134. The van der Waals surface area contributed by atoms with Gasteiger partial charge in [0.25, 0.3) is 0 Å². The molecule has 80 valence electrons. The number of halogens is 1. The highest BCUT2D eigenvalue weighted by atomic mass is 79.9. The highest BCUT2D eigenvalue weighted by molar-refractivity contribution is 9.11. The van der Waals surface area contributed by atoms with E-state index in [1.165, 1.54) is 10.1 Å². The number of carbonyl (C=O) groups is 1. The molecule has 1 nitrogen and oxygen atoms in total. The molecule has 1 unspecified atom stereocenters. The molecular weight excluding hydrogens is 292 g/mol. The van der Waals surface area contributed by atoms with Gasteiger partial charge in [0, 0.05) is 16.7 Å². The Kier molecular flexibility index (Phi) is 3.28. The van der Waals surface area contributed by atoms with Crippen LogP contribution in [0.2, 0.25) is 0 Å². The Morgan fingerprint density at radius 3 is 2.93 bits per heavy atom. The first-order chi connectivity index (χ1) is 7.13. The SMILES string of the molecule is CCC(C)C(=O)c1cc2csc(Br)c2s1. The molecule has 1 atom stereocenters. The first-order valence-corrected chi connectivity index (χ1v) is 7.33. The zero-order valence-electron chi connectivity index (χ0n) is 8.54. The molecular formula is C11H11BrOS2. The van der Waals surface area contributed by atoms with Crippen molar-refractivity contribution in [3.63, 3.8) is 0 Å². The van der Waals surface area contributed by atoms with E-state index in [-0.39, 0.29) is 11.7 Å². The van der Waals surface area contributed by atoms with Gasteiger partial charge in [0.2, 0.25) is 0 Å². The Bertz CT molecular complexity index is 498. The molecule has 0 aliphatic rings. The van der Waals surface area contributed by atoms with Crippen LogP contribution >= 0.6 is 38.6 Å². The summed E-state index contributed by atoms with van der Waals surface area (Å²) in [5.74, 6) is 0.408. The number of rotatable bonds is 3. The van der Waals surface area contributed by atoms with Crippen molar-refractivity contribution in [2.45, 2.75) is 20.3 Å². The lowest BCUT2D eigenvalue weighted by atomic mass is 10.0. The molecule has 0 aliphatic heterocycles. The largest absolute Gasteiger partial charge is 0.293 e. The third-order valence-corrected chi connectivity index (χ3v) is 5.85. The van der Waals surface area contributed by atoms with E-state index in [1.54, 1.807) is 22.7 Å². The summed E-state index contributed by atoms with van der Waals surface area (Å²) in [5.41, 5.74) is 0. The highest BCUT2D eigenvalue weighted by Crippen LogP contribution is 2.37. The smallest absolute Gasteiger partial charge is 0.175 e. The predicted octanol–water partition coefficient (Wildman–Crippen LogP) is 4.95. The van der Waals surface area contributed by atoms with Gasteiger partial charge in [-0.3, -0.25) is 4.79 Å². The quantitative estimate of drug-likeness (QED) is 0.733. The lowest BCUT2D eigenvalue weighted by Crippen LogP contribution is -2.07. The summed E-state index contributed by atoms with van der Waals surface area (Å²) < 4.78 is 2.33. The van der Waals surface area contributed by atoms with Crippen LogP contribution in [0.15, 0.2) is 15.2 Å². The maximum absolute atomic E-state index is 12.0. The predicted molar refractivity (Wildman–Crippen MR) is 71.2 cm³/mol. The summed E-state index contributed by atoms with van der Waals surface area (Å²) in [5, 5.41) is 3.27. The topological polar surface area (TPSA) is 17.1 Å². The summed E-state index contributed by atoms with van der Waals surface area (Å²) in [6.07, 6.45) is 0.907. The second-order valence-electron chi connectivity index (χ2n) is 3.58. The van der Waals surface area contributed by atoms with Crippen LogP contribution in [0.25, 0.3) is 10.1 Å². The first-order valence-electron chi connectivity index (χ1n) is 4.84. The number of carbonyl (C=O) groups excluding carboxylic acids is 1. The molecule has 0 bridgehead atoms. The van der Waals surface area contributed by atoms with E-state index in [4.69, 9.17) is 0 Å². The molecule has 0 fully saturated rings. The fraction of sp³-hybridized carbons (Fsp3) is 0.364. The third kappa shape index (κ3) is 2.03. The lowest BCUT2D eigenvalue weighted by molar-refractivity contribution is 0.0931. The van der Waals surface area contributed by atoms with Crippen molar-refractivity contribution in [2.24, 2.45) is 5.92 Å². The maximum atomic E-state index is 12.0. The molecule has 0 radical (unpaired) electrons. The van der Waals surface area contributed by atoms with E-state index < -0.39 is 0 Å². The van der Waals surface area contributed by atoms with Gasteiger partial charge in [0.1, 0.15) is 0 Å². The van der Waals surface area contributed by atoms with Crippen LogP contribution in [-0.4, -0.2) is 5.78 Å². The van der Waals surface area contributed by atoms with E-state index in [0.717, 1.165) is 15.1 Å². The minimum Gasteiger partial charge on any atom is -0.293 e. The van der Waals surface area contributed by atoms with Crippen LogP contribution in [0, 0.1) is 5.92 Å². The summed E-state index contributed by atoms with van der Waals surface area (Å²) in [4.78, 5) is 12.8. The number of hydrogen-bond acceptors (Lipinski definition) is 3. The van der Waals surface area contributed by atoms with E-state index in [1.807, 2.05) is 19.9 Å². The minimum atomic E-state index is 0.134. The van der Waals surface area contributed by atoms with Crippen molar-refractivity contribution in [1.82, 2.24) is 0 Å². The molecule has 0 spiro atoms. The van der Waals surface area contributed by atoms with Crippen LogP contribution in [0.3, 0.4) is 0 Å². The molecule has 0 saturated carbocycles. The number of hydrogen-bond donors (Lipinski definition) is 0. The van der Waals surface area contributed by atoms with Crippen molar-refractivity contribution in [2.75, 3.05) is 0 Å². The highest BCUT2D eigenvalue weighted by Gasteiger charge is 2.17. The Hall–Kier alpha value is -0.190. The average molecular weight is 303 g/mol. The Balaban J connectivity index is 2.40. The fourth-order valence-corrected chi connectivity index (χ4v) is 4.13. The second-order valence-corrected chi connectivity index (χ2v) is 6.83. The molecule has 0 amide bonds.